The molecule has 0 amide bonds. The van der Waals surface area contributed by atoms with Crippen LogP contribution in [0.3, 0.4) is 0 Å². The highest BCUT2D eigenvalue weighted by molar-refractivity contribution is 9.10. The molecule has 0 bridgehead atoms. The monoisotopic (exact) mass is 345 g/mol. The maximum absolute atomic E-state index is 12.9. The van der Waals surface area contributed by atoms with Gasteiger partial charge < -0.3 is 10.4 Å². The van der Waals surface area contributed by atoms with E-state index >= 15 is 0 Å². The number of aromatic hydroxyl groups is 1. The molecule has 0 aliphatic carbocycles. The van der Waals surface area contributed by atoms with Crippen molar-refractivity contribution in [3.63, 3.8) is 0 Å². The molecule has 0 spiro atoms. The van der Waals surface area contributed by atoms with Gasteiger partial charge in [0.2, 0.25) is 0 Å². The van der Waals surface area contributed by atoms with E-state index in [4.69, 9.17) is 0 Å². The van der Waals surface area contributed by atoms with E-state index in [0.29, 0.717) is 10.0 Å². The Hall–Kier alpha value is -1.69. The van der Waals surface area contributed by atoms with Crippen molar-refractivity contribution in [2.24, 2.45) is 0 Å². The minimum absolute atomic E-state index is 0.00374. The van der Waals surface area contributed by atoms with Gasteiger partial charge in [0.25, 0.3) is 0 Å². The predicted molar refractivity (Wildman–Crippen MR) is 74.6 cm³/mol. The normalized spacial score (nSPS) is 11.4. The summed E-state index contributed by atoms with van der Waals surface area (Å²) in [5.41, 5.74) is -0.0304. The minimum Gasteiger partial charge on any atom is -0.508 e. The standard InChI is InChI=1S/C14H11BrF3NO/c15-10-4-5-13(12(7-10)14(16,17)18)19-8-9-2-1-3-11(20)6-9/h1-7,19-20H,8H2. The number of hydrogen-bond acceptors (Lipinski definition) is 2. The Morgan fingerprint density at radius 3 is 2.50 bits per heavy atom. The van der Waals surface area contributed by atoms with Crippen LogP contribution in [0.5, 0.6) is 5.75 Å². The zero-order valence-electron chi connectivity index (χ0n) is 10.2. The molecular weight excluding hydrogens is 335 g/mol. The molecule has 0 saturated carbocycles. The predicted octanol–water partition coefficient (Wildman–Crippen LogP) is 4.79. The van der Waals surface area contributed by atoms with Crippen LogP contribution in [0.15, 0.2) is 46.9 Å². The van der Waals surface area contributed by atoms with Crippen LogP contribution >= 0.6 is 15.9 Å². The third-order valence-electron chi connectivity index (χ3n) is 2.68. The molecule has 2 aromatic carbocycles. The fraction of sp³-hybridized carbons (Fsp3) is 0.143. The first-order valence-corrected chi connectivity index (χ1v) is 6.54. The summed E-state index contributed by atoms with van der Waals surface area (Å²) in [5.74, 6) is 0.0798. The van der Waals surface area contributed by atoms with Crippen LogP contribution in [0.25, 0.3) is 0 Å². The third-order valence-corrected chi connectivity index (χ3v) is 3.17. The molecule has 0 atom stereocenters. The summed E-state index contributed by atoms with van der Waals surface area (Å²) in [4.78, 5) is 0. The van der Waals surface area contributed by atoms with Gasteiger partial charge in [0.05, 0.1) is 5.56 Å². The van der Waals surface area contributed by atoms with E-state index in [2.05, 4.69) is 21.2 Å². The summed E-state index contributed by atoms with van der Waals surface area (Å²) in [5, 5.41) is 12.1. The van der Waals surface area contributed by atoms with Crippen LogP contribution in [0.2, 0.25) is 0 Å². The second-order valence-electron chi connectivity index (χ2n) is 4.21. The van der Waals surface area contributed by atoms with Gasteiger partial charge in [0.15, 0.2) is 0 Å². The lowest BCUT2D eigenvalue weighted by Crippen LogP contribution is -2.10. The Morgan fingerprint density at radius 2 is 1.85 bits per heavy atom. The van der Waals surface area contributed by atoms with Crippen LogP contribution in [-0.4, -0.2) is 5.11 Å². The first kappa shape index (κ1) is 14.7. The Kier molecular flexibility index (Phi) is 4.23. The second-order valence-corrected chi connectivity index (χ2v) is 5.13. The molecule has 0 fully saturated rings. The number of anilines is 1. The van der Waals surface area contributed by atoms with Crippen LogP contribution in [0.1, 0.15) is 11.1 Å². The number of hydrogen-bond donors (Lipinski definition) is 2. The Labute approximate surface area is 122 Å². The average molecular weight is 346 g/mol. The lowest BCUT2D eigenvalue weighted by molar-refractivity contribution is -0.137. The van der Waals surface area contributed by atoms with Crippen molar-refractivity contribution in [2.75, 3.05) is 5.32 Å². The number of halogens is 4. The summed E-state index contributed by atoms with van der Waals surface area (Å²) in [7, 11) is 0. The number of nitrogens with one attached hydrogen (secondary N) is 1. The van der Waals surface area contributed by atoms with E-state index in [1.807, 2.05) is 0 Å². The molecule has 2 N–H and O–H groups in total. The number of phenolic OH excluding ortho intramolecular Hbond substituents is 1. The third kappa shape index (κ3) is 3.66. The second kappa shape index (κ2) is 5.75. The maximum Gasteiger partial charge on any atom is 0.418 e. The van der Waals surface area contributed by atoms with E-state index in [1.165, 1.54) is 18.2 Å². The fourth-order valence-corrected chi connectivity index (χ4v) is 2.13. The van der Waals surface area contributed by atoms with Crippen LogP contribution in [0, 0.1) is 0 Å². The highest BCUT2D eigenvalue weighted by atomic mass is 79.9. The first-order chi connectivity index (χ1) is 9.36. The first-order valence-electron chi connectivity index (χ1n) is 5.75. The van der Waals surface area contributed by atoms with Gasteiger partial charge in [-0.15, -0.1) is 0 Å². The molecule has 20 heavy (non-hydrogen) atoms. The smallest absolute Gasteiger partial charge is 0.418 e. The van der Waals surface area contributed by atoms with E-state index < -0.39 is 11.7 Å². The molecule has 0 aliphatic heterocycles. The molecule has 0 saturated heterocycles. The van der Waals surface area contributed by atoms with E-state index in [-0.39, 0.29) is 18.0 Å². The van der Waals surface area contributed by atoms with Gasteiger partial charge in [0.1, 0.15) is 5.75 Å². The van der Waals surface area contributed by atoms with Gasteiger partial charge in [0, 0.05) is 16.7 Å². The number of benzene rings is 2. The Bertz CT molecular complexity index is 614. The maximum atomic E-state index is 12.9. The number of phenols is 1. The molecule has 0 aromatic heterocycles. The van der Waals surface area contributed by atoms with Crippen molar-refractivity contribution in [3.05, 3.63) is 58.1 Å². The Morgan fingerprint density at radius 1 is 1.10 bits per heavy atom. The van der Waals surface area contributed by atoms with Gasteiger partial charge in [-0.1, -0.05) is 28.1 Å². The van der Waals surface area contributed by atoms with Gasteiger partial charge >= 0.3 is 6.18 Å². The van der Waals surface area contributed by atoms with Crippen molar-refractivity contribution < 1.29 is 18.3 Å². The van der Waals surface area contributed by atoms with Gasteiger partial charge in [-0.25, -0.2) is 0 Å². The van der Waals surface area contributed by atoms with E-state index in [0.717, 1.165) is 6.07 Å². The summed E-state index contributed by atoms with van der Waals surface area (Å²) >= 11 is 3.03. The minimum atomic E-state index is -4.43. The van der Waals surface area contributed by atoms with Gasteiger partial charge in [-0.3, -0.25) is 0 Å². The van der Waals surface area contributed by atoms with E-state index in [1.54, 1.807) is 18.2 Å². The van der Waals surface area contributed by atoms with Crippen molar-refractivity contribution in [1.29, 1.82) is 0 Å². The van der Waals surface area contributed by atoms with Gasteiger partial charge in [-0.2, -0.15) is 13.2 Å². The molecule has 0 aliphatic rings. The molecule has 0 radical (unpaired) electrons. The fourth-order valence-electron chi connectivity index (χ4n) is 1.77. The highest BCUT2D eigenvalue weighted by Gasteiger charge is 2.33. The van der Waals surface area contributed by atoms with Crippen molar-refractivity contribution in [1.82, 2.24) is 0 Å². The van der Waals surface area contributed by atoms with Crippen molar-refractivity contribution in [2.45, 2.75) is 12.7 Å². The quantitative estimate of drug-likeness (QED) is 0.838. The molecule has 2 aromatic rings. The lowest BCUT2D eigenvalue weighted by Gasteiger charge is -2.15. The largest absolute Gasteiger partial charge is 0.508 e. The molecule has 6 heteroatoms. The molecule has 0 heterocycles. The Balaban J connectivity index is 2.21. The molecule has 2 rings (SSSR count). The number of alkyl halides is 3. The SMILES string of the molecule is Oc1cccc(CNc2ccc(Br)cc2C(F)(F)F)c1. The van der Waals surface area contributed by atoms with Gasteiger partial charge in [-0.05, 0) is 35.9 Å². The molecule has 0 unspecified atom stereocenters. The number of rotatable bonds is 3. The summed E-state index contributed by atoms with van der Waals surface area (Å²) in [6.45, 7) is 0.194. The van der Waals surface area contributed by atoms with Crippen molar-refractivity contribution in [3.8, 4) is 5.75 Å². The summed E-state index contributed by atoms with van der Waals surface area (Å²) in [6, 6.07) is 10.3. The van der Waals surface area contributed by atoms with Crippen LogP contribution < -0.4 is 5.32 Å². The topological polar surface area (TPSA) is 32.3 Å². The molecular formula is C14H11BrF3NO. The zero-order chi connectivity index (χ0) is 14.8. The molecule has 2 nitrogen and oxygen atoms in total. The van der Waals surface area contributed by atoms with Crippen LogP contribution in [0.4, 0.5) is 18.9 Å². The molecule has 106 valence electrons. The van der Waals surface area contributed by atoms with Crippen LogP contribution in [-0.2, 0) is 12.7 Å². The summed E-state index contributed by atoms with van der Waals surface area (Å²) in [6.07, 6.45) is -4.43. The highest BCUT2D eigenvalue weighted by Crippen LogP contribution is 2.36. The lowest BCUT2D eigenvalue weighted by atomic mass is 10.1. The zero-order valence-corrected chi connectivity index (χ0v) is 11.8. The average Bonchev–Trinajstić information content (AvgIpc) is 2.36. The van der Waals surface area contributed by atoms with Crippen molar-refractivity contribution >= 4 is 21.6 Å². The van der Waals surface area contributed by atoms with E-state index in [9.17, 15) is 18.3 Å². The summed E-state index contributed by atoms with van der Waals surface area (Å²) < 4.78 is 39.1.